The standard InChI is InChI=1S/C16H15N6O6PS/c1-27-11-3-2-8(4-12(11)28-29(24,25)26)20-13(23)7-30-16-21-10-6-19-9(5-17)14(18)15(10)22-16/h2-4,6H,7,18H2,1H3,(H,20,23)(H,21,22)(H2,24,25,26). The van der Waals surface area contributed by atoms with Crippen LogP contribution in [0.5, 0.6) is 11.5 Å². The van der Waals surface area contributed by atoms with Gasteiger partial charge in [0.1, 0.15) is 11.6 Å². The van der Waals surface area contributed by atoms with Crippen molar-refractivity contribution in [1.82, 2.24) is 15.0 Å². The van der Waals surface area contributed by atoms with Gasteiger partial charge in [-0.2, -0.15) is 5.26 Å². The molecule has 6 N–H and O–H groups in total. The van der Waals surface area contributed by atoms with Gasteiger partial charge in [-0.3, -0.25) is 14.6 Å². The lowest BCUT2D eigenvalue weighted by Gasteiger charge is -2.13. The van der Waals surface area contributed by atoms with Crippen LogP contribution in [0.1, 0.15) is 5.69 Å². The zero-order chi connectivity index (χ0) is 21.9. The number of rotatable bonds is 7. The molecule has 12 nitrogen and oxygen atoms in total. The number of hydrogen-bond donors (Lipinski definition) is 5. The van der Waals surface area contributed by atoms with E-state index in [1.807, 2.05) is 6.07 Å². The Bertz CT molecular complexity index is 1200. The number of phosphoric ester groups is 1. The highest BCUT2D eigenvalue weighted by Gasteiger charge is 2.20. The largest absolute Gasteiger partial charge is 0.524 e. The summed E-state index contributed by atoms with van der Waals surface area (Å²) >= 11 is 1.09. The second-order valence-electron chi connectivity index (χ2n) is 5.72. The topological polar surface area (TPSA) is 196 Å². The normalized spacial score (nSPS) is 11.1. The number of thioether (sulfide) groups is 1. The average Bonchev–Trinajstić information content (AvgIpc) is 3.10. The molecule has 0 bridgehead atoms. The number of hydrogen-bond acceptors (Lipinski definition) is 9. The fraction of sp³-hybridized carbons (Fsp3) is 0.125. The molecule has 0 saturated heterocycles. The van der Waals surface area contributed by atoms with Crippen molar-refractivity contribution >= 4 is 47.9 Å². The molecular formula is C16H15N6O6PS. The highest BCUT2D eigenvalue weighted by Crippen LogP contribution is 2.43. The van der Waals surface area contributed by atoms with Gasteiger partial charge >= 0.3 is 7.82 Å². The van der Waals surface area contributed by atoms with Crippen LogP contribution in [0.3, 0.4) is 0 Å². The third-order valence-electron chi connectivity index (χ3n) is 3.65. The smallest absolute Gasteiger partial charge is 0.493 e. The molecule has 3 aromatic rings. The summed E-state index contributed by atoms with van der Waals surface area (Å²) in [5, 5.41) is 12.0. The Balaban J connectivity index is 1.68. The molecule has 0 aliphatic heterocycles. The molecule has 0 spiro atoms. The van der Waals surface area contributed by atoms with Crippen molar-refractivity contribution in [2.75, 3.05) is 23.9 Å². The summed E-state index contributed by atoms with van der Waals surface area (Å²) in [4.78, 5) is 41.3. The van der Waals surface area contributed by atoms with Crippen molar-refractivity contribution in [1.29, 1.82) is 5.26 Å². The van der Waals surface area contributed by atoms with E-state index >= 15 is 0 Å². The van der Waals surface area contributed by atoms with Gasteiger partial charge in [0, 0.05) is 11.8 Å². The monoisotopic (exact) mass is 450 g/mol. The summed E-state index contributed by atoms with van der Waals surface area (Å²) in [6, 6.07) is 5.99. The Morgan fingerprint density at radius 1 is 1.43 bits per heavy atom. The summed E-state index contributed by atoms with van der Waals surface area (Å²) in [6.07, 6.45) is 1.43. The van der Waals surface area contributed by atoms with Crippen molar-refractivity contribution in [3.63, 3.8) is 0 Å². The number of H-pyrrole nitrogens is 1. The fourth-order valence-electron chi connectivity index (χ4n) is 2.42. The summed E-state index contributed by atoms with van der Waals surface area (Å²) in [6.45, 7) is 0. The minimum Gasteiger partial charge on any atom is -0.493 e. The minimum atomic E-state index is -4.80. The molecule has 0 radical (unpaired) electrons. The molecule has 2 heterocycles. The summed E-state index contributed by atoms with van der Waals surface area (Å²) in [5.74, 6) is -0.559. The number of nitriles is 1. The van der Waals surface area contributed by atoms with Gasteiger partial charge < -0.3 is 25.3 Å². The maximum absolute atomic E-state index is 12.2. The van der Waals surface area contributed by atoms with Crippen LogP contribution in [0.2, 0.25) is 0 Å². The van der Waals surface area contributed by atoms with Crippen LogP contribution in [-0.4, -0.2) is 43.5 Å². The Hall–Kier alpha value is -3.30. The molecule has 0 aliphatic rings. The number of carbonyl (C=O) groups is 1. The van der Waals surface area contributed by atoms with Crippen LogP contribution in [0.4, 0.5) is 11.4 Å². The fourth-order valence-corrected chi connectivity index (χ4v) is 3.49. The predicted molar refractivity (Wildman–Crippen MR) is 108 cm³/mol. The maximum atomic E-state index is 12.2. The first kappa shape index (κ1) is 21.4. The summed E-state index contributed by atoms with van der Waals surface area (Å²) < 4.78 is 20.6. The first-order valence-electron chi connectivity index (χ1n) is 8.10. The number of carbonyl (C=O) groups excluding carboxylic acids is 1. The maximum Gasteiger partial charge on any atom is 0.524 e. The predicted octanol–water partition coefficient (Wildman–Crippen LogP) is 1.62. The Morgan fingerprint density at radius 2 is 2.20 bits per heavy atom. The molecule has 0 aliphatic carbocycles. The number of imidazole rings is 1. The van der Waals surface area contributed by atoms with Gasteiger partial charge in [0.2, 0.25) is 5.91 Å². The van der Waals surface area contributed by atoms with E-state index in [9.17, 15) is 9.36 Å². The number of nitrogens with zero attached hydrogens (tertiary/aromatic N) is 3. The van der Waals surface area contributed by atoms with Crippen molar-refractivity contribution < 1.29 is 28.4 Å². The summed E-state index contributed by atoms with van der Waals surface area (Å²) in [7, 11) is -3.49. The zero-order valence-electron chi connectivity index (χ0n) is 15.3. The number of amides is 1. The van der Waals surface area contributed by atoms with Crippen LogP contribution in [0, 0.1) is 11.3 Å². The molecular weight excluding hydrogens is 435 g/mol. The Morgan fingerprint density at radius 3 is 2.87 bits per heavy atom. The quantitative estimate of drug-likeness (QED) is 0.259. The van der Waals surface area contributed by atoms with Crippen LogP contribution < -0.4 is 20.3 Å². The first-order valence-corrected chi connectivity index (χ1v) is 10.6. The van der Waals surface area contributed by atoms with Gasteiger partial charge in [-0.05, 0) is 12.1 Å². The molecule has 0 fully saturated rings. The van der Waals surface area contributed by atoms with E-state index in [0.29, 0.717) is 16.2 Å². The van der Waals surface area contributed by atoms with Gasteiger partial charge in [-0.25, -0.2) is 14.5 Å². The third-order valence-corrected chi connectivity index (χ3v) is 4.96. The van der Waals surface area contributed by atoms with Gasteiger partial charge in [0.25, 0.3) is 0 Å². The van der Waals surface area contributed by atoms with E-state index in [4.69, 9.17) is 25.5 Å². The zero-order valence-corrected chi connectivity index (χ0v) is 17.0. The molecule has 1 aromatic carbocycles. The first-order chi connectivity index (χ1) is 14.2. The third kappa shape index (κ3) is 5.00. The van der Waals surface area contributed by atoms with Gasteiger partial charge in [0.05, 0.1) is 30.3 Å². The van der Waals surface area contributed by atoms with E-state index < -0.39 is 13.7 Å². The number of methoxy groups -OCH3 is 1. The number of aromatic nitrogens is 3. The number of nitrogens with two attached hydrogens (primary N) is 1. The highest BCUT2D eigenvalue weighted by molar-refractivity contribution is 7.99. The molecule has 0 atom stereocenters. The Kier molecular flexibility index (Phi) is 6.14. The molecule has 156 valence electrons. The second-order valence-corrected chi connectivity index (χ2v) is 7.85. The molecule has 14 heteroatoms. The number of nitrogens with one attached hydrogen (secondary N) is 2. The lowest BCUT2D eigenvalue weighted by molar-refractivity contribution is -0.113. The van der Waals surface area contributed by atoms with Gasteiger partial charge in [-0.15, -0.1) is 0 Å². The minimum absolute atomic E-state index is 0.0288. The van der Waals surface area contributed by atoms with Crippen molar-refractivity contribution in [2.24, 2.45) is 0 Å². The highest BCUT2D eigenvalue weighted by atomic mass is 32.2. The lowest BCUT2D eigenvalue weighted by Crippen LogP contribution is -2.14. The van der Waals surface area contributed by atoms with Crippen molar-refractivity contribution in [2.45, 2.75) is 5.16 Å². The second kappa shape index (κ2) is 8.60. The number of benzene rings is 1. The molecule has 1 amide bonds. The van der Waals surface area contributed by atoms with E-state index in [1.54, 1.807) is 0 Å². The van der Waals surface area contributed by atoms with Crippen LogP contribution in [-0.2, 0) is 9.36 Å². The Labute approximate surface area is 173 Å². The van der Waals surface area contributed by atoms with E-state index in [2.05, 4.69) is 24.8 Å². The number of fused-ring (bicyclic) bond motifs is 1. The molecule has 30 heavy (non-hydrogen) atoms. The molecule has 2 aromatic heterocycles. The van der Waals surface area contributed by atoms with E-state index in [1.165, 1.54) is 31.5 Å². The summed E-state index contributed by atoms with van der Waals surface area (Å²) in [5.41, 5.74) is 7.24. The van der Waals surface area contributed by atoms with Crippen molar-refractivity contribution in [3.8, 4) is 17.6 Å². The average molecular weight is 450 g/mol. The lowest BCUT2D eigenvalue weighted by atomic mass is 10.3. The number of phosphoric acid groups is 1. The van der Waals surface area contributed by atoms with Gasteiger partial charge in [-0.1, -0.05) is 11.8 Å². The van der Waals surface area contributed by atoms with E-state index in [-0.39, 0.29) is 34.3 Å². The molecule has 3 rings (SSSR count). The van der Waals surface area contributed by atoms with Crippen LogP contribution in [0.15, 0.2) is 29.6 Å². The van der Waals surface area contributed by atoms with Crippen LogP contribution >= 0.6 is 19.6 Å². The molecule has 0 saturated carbocycles. The van der Waals surface area contributed by atoms with Crippen molar-refractivity contribution in [3.05, 3.63) is 30.1 Å². The number of ether oxygens (including phenoxy) is 1. The number of aromatic amines is 1. The van der Waals surface area contributed by atoms with E-state index in [0.717, 1.165) is 11.8 Å². The SMILES string of the molecule is COc1ccc(NC(=O)CSc2nc3c(N)c(C#N)ncc3[nH]2)cc1OP(=O)(O)O. The van der Waals surface area contributed by atoms with Gasteiger partial charge in [0.15, 0.2) is 22.3 Å². The molecule has 0 unspecified atom stereocenters. The number of anilines is 2. The number of nitrogen functional groups attached to an aromatic ring is 1. The number of pyridine rings is 1. The van der Waals surface area contributed by atoms with Crippen LogP contribution in [0.25, 0.3) is 11.0 Å².